The van der Waals surface area contributed by atoms with Gasteiger partial charge in [0.05, 0.1) is 19.7 Å². The van der Waals surface area contributed by atoms with Gasteiger partial charge < -0.3 is 13.8 Å². The van der Waals surface area contributed by atoms with Crippen LogP contribution in [0.2, 0.25) is 0 Å². The normalized spacial score (nSPS) is 12.3. The second kappa shape index (κ2) is 6.57. The molecule has 0 fully saturated rings. The van der Waals surface area contributed by atoms with E-state index in [9.17, 15) is 0 Å². The zero-order valence-corrected chi connectivity index (χ0v) is 13.1. The number of aromatic nitrogens is 4. The Morgan fingerprint density at radius 1 is 1.22 bits per heavy atom. The summed E-state index contributed by atoms with van der Waals surface area (Å²) < 4.78 is 15.4. The lowest BCUT2D eigenvalue weighted by Crippen LogP contribution is -2.19. The van der Waals surface area contributed by atoms with Crippen molar-refractivity contribution in [2.24, 2.45) is 0 Å². The van der Waals surface area contributed by atoms with Gasteiger partial charge in [-0.25, -0.2) is 0 Å². The molecule has 3 rings (SSSR count). The lowest BCUT2D eigenvalue weighted by Gasteiger charge is -2.06. The van der Waals surface area contributed by atoms with Crippen molar-refractivity contribution in [3.05, 3.63) is 41.9 Å². The first-order valence-corrected chi connectivity index (χ1v) is 7.16. The first-order chi connectivity index (χ1) is 11.2. The molecular weight excluding hydrogens is 298 g/mol. The van der Waals surface area contributed by atoms with Crippen LogP contribution >= 0.6 is 0 Å². The quantitative estimate of drug-likeness (QED) is 0.739. The van der Waals surface area contributed by atoms with E-state index in [1.54, 1.807) is 14.0 Å². The van der Waals surface area contributed by atoms with E-state index in [2.05, 4.69) is 25.6 Å². The molecule has 0 aliphatic heterocycles. The highest BCUT2D eigenvalue weighted by molar-refractivity contribution is 5.56. The summed E-state index contributed by atoms with van der Waals surface area (Å²) in [7, 11) is 1.62. The minimum atomic E-state index is -0.138. The van der Waals surface area contributed by atoms with Crippen LogP contribution in [0.25, 0.3) is 11.4 Å². The molecule has 0 aliphatic carbocycles. The van der Waals surface area contributed by atoms with Gasteiger partial charge in [-0.15, -0.1) is 0 Å². The van der Waals surface area contributed by atoms with Gasteiger partial charge >= 0.3 is 0 Å². The maximum absolute atomic E-state index is 5.32. The summed E-state index contributed by atoms with van der Waals surface area (Å²) in [6.07, 6.45) is 0. The smallest absolute Gasteiger partial charge is 0.243 e. The number of nitrogens with zero attached hydrogens (tertiary/aromatic N) is 4. The van der Waals surface area contributed by atoms with E-state index in [-0.39, 0.29) is 6.04 Å². The van der Waals surface area contributed by atoms with E-state index in [0.717, 1.165) is 11.3 Å². The fourth-order valence-corrected chi connectivity index (χ4v) is 2.04. The summed E-state index contributed by atoms with van der Waals surface area (Å²) in [5.74, 6) is 2.87. The molecule has 2 aromatic heterocycles. The molecule has 1 N–H and O–H groups in total. The van der Waals surface area contributed by atoms with Gasteiger partial charge in [-0.05, 0) is 19.1 Å². The third-order valence-electron chi connectivity index (χ3n) is 3.28. The summed E-state index contributed by atoms with van der Waals surface area (Å²) in [6, 6.07) is 7.36. The Kier molecular flexibility index (Phi) is 4.33. The molecule has 0 spiro atoms. The third-order valence-corrected chi connectivity index (χ3v) is 3.28. The van der Waals surface area contributed by atoms with Crippen molar-refractivity contribution >= 4 is 0 Å². The molecule has 8 heteroatoms. The maximum atomic E-state index is 5.32. The highest BCUT2D eigenvalue weighted by atomic mass is 16.5. The number of hydrogen-bond donors (Lipinski definition) is 1. The van der Waals surface area contributed by atoms with Crippen LogP contribution in [0.4, 0.5) is 0 Å². The predicted octanol–water partition coefficient (Wildman–Crippen LogP) is 2.29. The lowest BCUT2D eigenvalue weighted by molar-refractivity contribution is 0.335. The van der Waals surface area contributed by atoms with Gasteiger partial charge in [-0.1, -0.05) is 22.4 Å². The topological polar surface area (TPSA) is 99.1 Å². The van der Waals surface area contributed by atoms with Crippen molar-refractivity contribution in [1.29, 1.82) is 0 Å². The zero-order chi connectivity index (χ0) is 16.2. The Bertz CT molecular complexity index is 783. The monoisotopic (exact) mass is 315 g/mol. The van der Waals surface area contributed by atoms with E-state index < -0.39 is 0 Å². The molecule has 0 radical (unpaired) electrons. The van der Waals surface area contributed by atoms with Gasteiger partial charge in [0.25, 0.3) is 0 Å². The highest BCUT2D eigenvalue weighted by Crippen LogP contribution is 2.22. The molecule has 0 amide bonds. The largest absolute Gasteiger partial charge is 0.497 e. The average molecular weight is 315 g/mol. The van der Waals surface area contributed by atoms with Gasteiger partial charge in [0.15, 0.2) is 5.82 Å². The number of nitrogens with one attached hydrogen (secondary N) is 1. The average Bonchev–Trinajstić information content (AvgIpc) is 3.22. The van der Waals surface area contributed by atoms with E-state index >= 15 is 0 Å². The van der Waals surface area contributed by atoms with Crippen LogP contribution in [0.1, 0.15) is 30.6 Å². The fraction of sp³-hybridized carbons (Fsp3) is 0.333. The molecule has 1 atom stereocenters. The molecule has 2 heterocycles. The van der Waals surface area contributed by atoms with Crippen LogP contribution in [0.15, 0.2) is 33.3 Å². The van der Waals surface area contributed by atoms with E-state index in [4.69, 9.17) is 13.8 Å². The highest BCUT2D eigenvalue weighted by Gasteiger charge is 2.16. The number of aryl methyl sites for hydroxylation is 1. The standard InChI is InChI=1S/C15H17N5O3/c1-9(16-8-13-17-10(2)22-19-13)15-18-14(20-23-15)11-5-4-6-12(7-11)21-3/h4-7,9,16H,8H2,1-3H3/t9-/m0/s1. The minimum Gasteiger partial charge on any atom is -0.497 e. The van der Waals surface area contributed by atoms with Crippen molar-refractivity contribution in [2.75, 3.05) is 7.11 Å². The van der Waals surface area contributed by atoms with Gasteiger partial charge in [-0.3, -0.25) is 5.32 Å². The molecule has 0 unspecified atom stereocenters. The van der Waals surface area contributed by atoms with Crippen molar-refractivity contribution in [2.45, 2.75) is 26.4 Å². The molecule has 0 bridgehead atoms. The maximum Gasteiger partial charge on any atom is 0.243 e. The SMILES string of the molecule is COc1cccc(-c2noc([C@H](C)NCc3noc(C)n3)n2)c1. The van der Waals surface area contributed by atoms with Gasteiger partial charge in [0, 0.05) is 12.5 Å². The Balaban J connectivity index is 1.68. The van der Waals surface area contributed by atoms with E-state index in [1.165, 1.54) is 0 Å². The summed E-state index contributed by atoms with van der Waals surface area (Å²) in [5.41, 5.74) is 0.834. The molecule has 0 saturated carbocycles. The fourth-order valence-electron chi connectivity index (χ4n) is 2.04. The summed E-state index contributed by atoms with van der Waals surface area (Å²) in [5, 5.41) is 11.0. The molecule has 8 nitrogen and oxygen atoms in total. The minimum absolute atomic E-state index is 0.138. The Labute approximate surface area is 132 Å². The number of hydrogen-bond acceptors (Lipinski definition) is 8. The molecule has 0 aliphatic rings. The summed E-state index contributed by atoms with van der Waals surface area (Å²) in [6.45, 7) is 4.13. The van der Waals surface area contributed by atoms with E-state index in [0.29, 0.717) is 30.0 Å². The van der Waals surface area contributed by atoms with Gasteiger partial charge in [0.2, 0.25) is 17.6 Å². The Hall–Kier alpha value is -2.74. The molecule has 23 heavy (non-hydrogen) atoms. The first-order valence-electron chi connectivity index (χ1n) is 7.16. The molecule has 1 aromatic carbocycles. The second-order valence-electron chi connectivity index (χ2n) is 5.02. The molecule has 120 valence electrons. The molecule has 0 saturated heterocycles. The van der Waals surface area contributed by atoms with Crippen LogP contribution in [-0.2, 0) is 6.54 Å². The van der Waals surface area contributed by atoms with Crippen molar-refractivity contribution in [3.8, 4) is 17.1 Å². The van der Waals surface area contributed by atoms with Crippen molar-refractivity contribution in [3.63, 3.8) is 0 Å². The number of ether oxygens (including phenoxy) is 1. The third kappa shape index (κ3) is 3.54. The van der Waals surface area contributed by atoms with Gasteiger partial charge in [-0.2, -0.15) is 9.97 Å². The first kappa shape index (κ1) is 15.2. The van der Waals surface area contributed by atoms with E-state index in [1.807, 2.05) is 31.2 Å². The number of rotatable bonds is 6. The summed E-state index contributed by atoms with van der Waals surface area (Å²) in [4.78, 5) is 8.54. The number of benzene rings is 1. The molecular formula is C15H17N5O3. The number of methoxy groups -OCH3 is 1. The molecule has 3 aromatic rings. The summed E-state index contributed by atoms with van der Waals surface area (Å²) >= 11 is 0. The van der Waals surface area contributed by atoms with Crippen LogP contribution in [-0.4, -0.2) is 27.4 Å². The van der Waals surface area contributed by atoms with Crippen LogP contribution < -0.4 is 10.1 Å². The van der Waals surface area contributed by atoms with Gasteiger partial charge in [0.1, 0.15) is 5.75 Å². The van der Waals surface area contributed by atoms with Crippen LogP contribution in [0, 0.1) is 6.92 Å². The van der Waals surface area contributed by atoms with Crippen LogP contribution in [0.5, 0.6) is 5.75 Å². The van der Waals surface area contributed by atoms with Crippen molar-refractivity contribution in [1.82, 2.24) is 25.6 Å². The zero-order valence-electron chi connectivity index (χ0n) is 13.1. The predicted molar refractivity (Wildman–Crippen MR) is 80.6 cm³/mol. The second-order valence-corrected chi connectivity index (χ2v) is 5.02. The lowest BCUT2D eigenvalue weighted by atomic mass is 10.2. The Morgan fingerprint density at radius 3 is 2.83 bits per heavy atom. The van der Waals surface area contributed by atoms with Crippen molar-refractivity contribution < 1.29 is 13.8 Å². The van der Waals surface area contributed by atoms with Crippen LogP contribution in [0.3, 0.4) is 0 Å². The Morgan fingerprint density at radius 2 is 2.09 bits per heavy atom.